The number of halogens is 1. The van der Waals surface area contributed by atoms with Crippen molar-refractivity contribution in [1.29, 1.82) is 0 Å². The van der Waals surface area contributed by atoms with Gasteiger partial charge in [0.25, 0.3) is 0 Å². The van der Waals surface area contributed by atoms with E-state index in [1.165, 1.54) is 5.56 Å². The maximum Gasteiger partial charge on any atom is 0.248 e. The lowest BCUT2D eigenvalue weighted by molar-refractivity contribution is 0.586. The van der Waals surface area contributed by atoms with Crippen LogP contribution in [0.1, 0.15) is 42.5 Å². The van der Waals surface area contributed by atoms with Gasteiger partial charge >= 0.3 is 0 Å². The van der Waals surface area contributed by atoms with Gasteiger partial charge in [-0.2, -0.15) is 4.68 Å². The predicted molar refractivity (Wildman–Crippen MR) is 99.5 cm³/mol. The van der Waals surface area contributed by atoms with Gasteiger partial charge in [-0.1, -0.05) is 66.9 Å². The molecule has 1 aromatic heterocycles. The van der Waals surface area contributed by atoms with E-state index in [2.05, 4.69) is 65.0 Å². The van der Waals surface area contributed by atoms with Gasteiger partial charge in [0.1, 0.15) is 6.04 Å². The molecule has 0 radical (unpaired) electrons. The van der Waals surface area contributed by atoms with E-state index in [9.17, 15) is 0 Å². The van der Waals surface area contributed by atoms with E-state index in [1.807, 2.05) is 24.3 Å². The van der Waals surface area contributed by atoms with E-state index in [4.69, 9.17) is 11.6 Å². The average molecular weight is 352 g/mol. The summed E-state index contributed by atoms with van der Waals surface area (Å²) in [6, 6.07) is 16.3. The second kappa shape index (κ2) is 6.33. The Morgan fingerprint density at radius 2 is 1.76 bits per heavy atom. The molecule has 3 aromatic rings. The zero-order valence-corrected chi connectivity index (χ0v) is 14.8. The molecule has 1 aliphatic rings. The van der Waals surface area contributed by atoms with Crippen LogP contribution in [-0.4, -0.2) is 20.2 Å². The largest absolute Gasteiger partial charge is 0.323 e. The molecule has 5 nitrogen and oxygen atoms in total. The Bertz CT molecular complexity index is 910. The van der Waals surface area contributed by atoms with E-state index >= 15 is 0 Å². The van der Waals surface area contributed by atoms with Gasteiger partial charge in [-0.05, 0) is 51.2 Å². The standard InChI is InChI=1S/C19H18ClN5/c1-12(2)13-3-5-14(6-4-13)17-11-18(15-7-9-16(20)10-8-15)25-19(21-17)22-23-24-25/h3-12,18H,1-2H3,(H,21,22,24)/t18-/m0/s1. The number of rotatable bonds is 3. The molecule has 0 unspecified atom stereocenters. The average Bonchev–Trinajstić information content (AvgIpc) is 3.10. The number of nitrogens with one attached hydrogen (secondary N) is 1. The van der Waals surface area contributed by atoms with Gasteiger partial charge < -0.3 is 5.32 Å². The van der Waals surface area contributed by atoms with Crippen LogP contribution < -0.4 is 5.32 Å². The maximum atomic E-state index is 6.02. The van der Waals surface area contributed by atoms with Crippen molar-refractivity contribution >= 4 is 23.2 Å². The molecule has 6 heteroatoms. The summed E-state index contributed by atoms with van der Waals surface area (Å²) in [5.41, 5.74) is 4.50. The van der Waals surface area contributed by atoms with Crippen LogP contribution in [0, 0.1) is 0 Å². The molecular formula is C19H18ClN5. The Morgan fingerprint density at radius 3 is 2.44 bits per heavy atom. The molecule has 0 bridgehead atoms. The molecule has 1 aliphatic heterocycles. The second-order valence-corrected chi connectivity index (χ2v) is 6.86. The number of aromatic nitrogens is 4. The Kier molecular flexibility index (Phi) is 4.01. The number of allylic oxidation sites excluding steroid dienone is 1. The monoisotopic (exact) mass is 351 g/mol. The van der Waals surface area contributed by atoms with Crippen molar-refractivity contribution in [3.05, 3.63) is 76.3 Å². The predicted octanol–water partition coefficient (Wildman–Crippen LogP) is 4.51. The summed E-state index contributed by atoms with van der Waals surface area (Å²) in [6.07, 6.45) is 2.14. The minimum absolute atomic E-state index is 0.0803. The summed E-state index contributed by atoms with van der Waals surface area (Å²) in [4.78, 5) is 0. The molecule has 0 aliphatic carbocycles. The lowest BCUT2D eigenvalue weighted by atomic mass is 9.98. The van der Waals surface area contributed by atoms with E-state index < -0.39 is 0 Å². The van der Waals surface area contributed by atoms with Gasteiger partial charge in [-0.15, -0.1) is 0 Å². The second-order valence-electron chi connectivity index (χ2n) is 6.43. The lowest BCUT2D eigenvalue weighted by Gasteiger charge is -2.23. The van der Waals surface area contributed by atoms with Crippen LogP contribution in [0.2, 0.25) is 5.02 Å². The first-order valence-corrected chi connectivity index (χ1v) is 8.62. The van der Waals surface area contributed by atoms with E-state index in [0.29, 0.717) is 16.9 Å². The first-order valence-electron chi connectivity index (χ1n) is 8.24. The van der Waals surface area contributed by atoms with Crippen LogP contribution in [-0.2, 0) is 0 Å². The van der Waals surface area contributed by atoms with Gasteiger partial charge in [-0.3, -0.25) is 0 Å². The minimum atomic E-state index is -0.0803. The zero-order valence-electron chi connectivity index (χ0n) is 14.0. The molecule has 2 heterocycles. The Balaban J connectivity index is 1.74. The Morgan fingerprint density at radius 1 is 1.04 bits per heavy atom. The number of anilines is 1. The SMILES string of the molecule is CC(C)c1ccc(C2=C[C@@H](c3ccc(Cl)cc3)n3nnnc3N2)cc1. The van der Waals surface area contributed by atoms with Crippen molar-refractivity contribution in [1.82, 2.24) is 20.2 Å². The Hall–Kier alpha value is -2.66. The molecule has 4 rings (SSSR count). The summed E-state index contributed by atoms with van der Waals surface area (Å²) in [7, 11) is 0. The Labute approximate surface area is 151 Å². The molecule has 126 valence electrons. The highest BCUT2D eigenvalue weighted by atomic mass is 35.5. The lowest BCUT2D eigenvalue weighted by Crippen LogP contribution is -2.20. The van der Waals surface area contributed by atoms with Crippen LogP contribution in [0.15, 0.2) is 54.6 Å². The summed E-state index contributed by atoms with van der Waals surface area (Å²) >= 11 is 6.02. The number of nitrogens with zero attached hydrogens (tertiary/aromatic N) is 4. The molecule has 2 aromatic carbocycles. The van der Waals surface area contributed by atoms with Crippen molar-refractivity contribution in [2.24, 2.45) is 0 Å². The van der Waals surface area contributed by atoms with Crippen LogP contribution in [0.4, 0.5) is 5.95 Å². The van der Waals surface area contributed by atoms with Crippen LogP contribution in [0.5, 0.6) is 0 Å². The van der Waals surface area contributed by atoms with Crippen molar-refractivity contribution < 1.29 is 0 Å². The molecule has 1 N–H and O–H groups in total. The van der Waals surface area contributed by atoms with Crippen molar-refractivity contribution in [2.45, 2.75) is 25.8 Å². The quantitative estimate of drug-likeness (QED) is 0.754. The fourth-order valence-electron chi connectivity index (χ4n) is 2.97. The molecule has 0 fully saturated rings. The van der Waals surface area contributed by atoms with E-state index in [-0.39, 0.29) is 6.04 Å². The third-order valence-electron chi connectivity index (χ3n) is 4.43. The smallest absolute Gasteiger partial charge is 0.248 e. The molecule has 0 amide bonds. The van der Waals surface area contributed by atoms with Gasteiger partial charge in [0.05, 0.1) is 0 Å². The zero-order chi connectivity index (χ0) is 17.4. The summed E-state index contributed by atoms with van der Waals surface area (Å²) in [6.45, 7) is 4.38. The summed E-state index contributed by atoms with van der Waals surface area (Å²) in [5.74, 6) is 1.14. The third kappa shape index (κ3) is 3.03. The normalized spacial score (nSPS) is 16.3. The molecule has 25 heavy (non-hydrogen) atoms. The van der Waals surface area contributed by atoms with Gasteiger partial charge in [0.2, 0.25) is 5.95 Å². The van der Waals surface area contributed by atoms with Gasteiger partial charge in [0.15, 0.2) is 0 Å². The molecule has 0 spiro atoms. The van der Waals surface area contributed by atoms with Gasteiger partial charge in [0, 0.05) is 10.7 Å². The number of fused-ring (bicyclic) bond motifs is 1. The third-order valence-corrected chi connectivity index (χ3v) is 4.68. The molecular weight excluding hydrogens is 334 g/mol. The van der Waals surface area contributed by atoms with E-state index in [1.54, 1.807) is 4.68 Å². The van der Waals surface area contributed by atoms with E-state index in [0.717, 1.165) is 16.8 Å². The van der Waals surface area contributed by atoms with Gasteiger partial charge in [-0.25, -0.2) is 0 Å². The fourth-order valence-corrected chi connectivity index (χ4v) is 3.09. The first kappa shape index (κ1) is 15.8. The van der Waals surface area contributed by atoms with Crippen molar-refractivity contribution in [2.75, 3.05) is 5.32 Å². The highest BCUT2D eigenvalue weighted by Gasteiger charge is 2.24. The maximum absolute atomic E-state index is 6.02. The number of tetrazole rings is 1. The van der Waals surface area contributed by atoms with Crippen molar-refractivity contribution in [3.8, 4) is 0 Å². The first-order chi connectivity index (χ1) is 12.1. The molecule has 1 atom stereocenters. The highest BCUT2D eigenvalue weighted by molar-refractivity contribution is 6.30. The van der Waals surface area contributed by atoms with Crippen molar-refractivity contribution in [3.63, 3.8) is 0 Å². The summed E-state index contributed by atoms with van der Waals surface area (Å²) < 4.78 is 1.77. The highest BCUT2D eigenvalue weighted by Crippen LogP contribution is 2.32. The number of benzene rings is 2. The molecule has 0 saturated heterocycles. The van der Waals surface area contributed by atoms with Crippen LogP contribution in [0.3, 0.4) is 0 Å². The molecule has 0 saturated carbocycles. The topological polar surface area (TPSA) is 55.6 Å². The number of hydrogen-bond acceptors (Lipinski definition) is 4. The van der Waals surface area contributed by atoms with Crippen LogP contribution >= 0.6 is 11.6 Å². The minimum Gasteiger partial charge on any atom is -0.323 e. The van der Waals surface area contributed by atoms with Crippen LogP contribution in [0.25, 0.3) is 5.70 Å². The number of hydrogen-bond donors (Lipinski definition) is 1. The summed E-state index contributed by atoms with van der Waals surface area (Å²) in [5, 5.41) is 16.0. The fraction of sp³-hybridized carbons (Fsp3) is 0.211.